The molecule has 2 heterocycles. The van der Waals surface area contributed by atoms with E-state index in [4.69, 9.17) is 0 Å². The third-order valence-corrected chi connectivity index (χ3v) is 5.04. The smallest absolute Gasteiger partial charge is 0.293 e. The molecule has 3 rings (SSSR count). The molecule has 1 saturated heterocycles. The van der Waals surface area contributed by atoms with Gasteiger partial charge >= 0.3 is 0 Å². The van der Waals surface area contributed by atoms with Gasteiger partial charge in [0.05, 0.1) is 4.92 Å². The van der Waals surface area contributed by atoms with Gasteiger partial charge in [-0.15, -0.1) is 0 Å². The van der Waals surface area contributed by atoms with E-state index in [0.29, 0.717) is 24.2 Å². The van der Waals surface area contributed by atoms with Crippen LogP contribution in [0.4, 0.5) is 11.4 Å². The second-order valence-electron chi connectivity index (χ2n) is 7.05. The monoisotopic (exact) mass is 383 g/mol. The van der Waals surface area contributed by atoms with Crippen LogP contribution in [0.25, 0.3) is 0 Å². The molecule has 2 aromatic rings. The molecule has 8 nitrogen and oxygen atoms in total. The summed E-state index contributed by atoms with van der Waals surface area (Å²) < 4.78 is 0. The van der Waals surface area contributed by atoms with E-state index >= 15 is 0 Å². The molecule has 1 fully saturated rings. The molecule has 0 aliphatic carbocycles. The Kier molecular flexibility index (Phi) is 6.20. The van der Waals surface area contributed by atoms with E-state index in [1.807, 2.05) is 30.1 Å². The summed E-state index contributed by atoms with van der Waals surface area (Å²) in [6.45, 7) is 3.66. The molecular weight excluding hydrogens is 358 g/mol. The number of nitrogens with zero attached hydrogens (tertiary/aromatic N) is 5. The molecule has 148 valence electrons. The van der Waals surface area contributed by atoms with E-state index in [1.165, 1.54) is 6.07 Å². The van der Waals surface area contributed by atoms with Gasteiger partial charge in [0, 0.05) is 69.7 Å². The Morgan fingerprint density at radius 3 is 2.61 bits per heavy atom. The highest BCUT2D eigenvalue weighted by Crippen LogP contribution is 2.30. The summed E-state index contributed by atoms with van der Waals surface area (Å²) in [6.07, 6.45) is 2.35. The SMILES string of the molecule is CN1CCN(c2ccc(C(=O)N(C)CCc3ccccn3)cc2[N+](=O)[O-])CC1. The zero-order valence-corrected chi connectivity index (χ0v) is 16.2. The van der Waals surface area contributed by atoms with Crippen molar-refractivity contribution in [3.8, 4) is 0 Å². The van der Waals surface area contributed by atoms with Crippen LogP contribution in [-0.4, -0.2) is 72.4 Å². The Labute approximate surface area is 164 Å². The maximum atomic E-state index is 12.7. The van der Waals surface area contributed by atoms with Gasteiger partial charge in [-0.2, -0.15) is 0 Å². The first kappa shape index (κ1) is 19.8. The molecule has 0 N–H and O–H groups in total. The van der Waals surface area contributed by atoms with Gasteiger partial charge in [-0.25, -0.2) is 0 Å². The lowest BCUT2D eigenvalue weighted by atomic mass is 10.1. The number of carbonyl (C=O) groups excluding carboxylic acids is 1. The van der Waals surface area contributed by atoms with E-state index in [1.54, 1.807) is 30.3 Å². The van der Waals surface area contributed by atoms with Crippen molar-refractivity contribution in [1.29, 1.82) is 0 Å². The molecule has 1 aromatic carbocycles. The van der Waals surface area contributed by atoms with Crippen molar-refractivity contribution in [2.75, 3.05) is 51.7 Å². The molecule has 0 atom stereocenters. The van der Waals surface area contributed by atoms with Gasteiger partial charge in [-0.05, 0) is 31.3 Å². The van der Waals surface area contributed by atoms with Gasteiger partial charge in [0.25, 0.3) is 11.6 Å². The molecule has 1 aliphatic heterocycles. The molecular formula is C20H25N5O3. The Balaban J connectivity index is 1.73. The number of anilines is 1. The number of hydrogen-bond donors (Lipinski definition) is 0. The predicted molar refractivity (Wildman–Crippen MR) is 108 cm³/mol. The Hall–Kier alpha value is -3.00. The summed E-state index contributed by atoms with van der Waals surface area (Å²) in [5.74, 6) is -0.232. The fourth-order valence-electron chi connectivity index (χ4n) is 3.27. The molecule has 0 radical (unpaired) electrons. The molecule has 28 heavy (non-hydrogen) atoms. The standard InChI is InChI=1S/C20H25N5O3/c1-22-11-13-24(14-12-22)18-7-6-16(15-19(18)25(27)28)20(26)23(2)10-8-17-5-3-4-9-21-17/h3-7,9,15H,8,10-14H2,1-2H3. The number of amides is 1. The summed E-state index contributed by atoms with van der Waals surface area (Å²) in [6, 6.07) is 10.4. The summed E-state index contributed by atoms with van der Waals surface area (Å²) in [5.41, 5.74) is 1.78. The largest absolute Gasteiger partial charge is 0.363 e. The first-order chi connectivity index (χ1) is 13.5. The van der Waals surface area contributed by atoms with E-state index in [9.17, 15) is 14.9 Å². The van der Waals surface area contributed by atoms with Gasteiger partial charge in [0.1, 0.15) is 5.69 Å². The number of hydrogen-bond acceptors (Lipinski definition) is 6. The highest BCUT2D eigenvalue weighted by Gasteiger charge is 2.25. The van der Waals surface area contributed by atoms with Gasteiger partial charge in [-0.1, -0.05) is 6.07 Å². The molecule has 0 bridgehead atoms. The summed E-state index contributed by atoms with van der Waals surface area (Å²) in [7, 11) is 3.74. The van der Waals surface area contributed by atoms with Crippen LogP contribution in [-0.2, 0) is 6.42 Å². The predicted octanol–water partition coefficient (Wildman–Crippen LogP) is 2.06. The van der Waals surface area contributed by atoms with Crippen LogP contribution in [0, 0.1) is 10.1 Å². The Bertz CT molecular complexity index is 835. The third-order valence-electron chi connectivity index (χ3n) is 5.04. The van der Waals surface area contributed by atoms with Crippen molar-refractivity contribution in [2.45, 2.75) is 6.42 Å². The minimum Gasteiger partial charge on any atom is -0.363 e. The lowest BCUT2D eigenvalue weighted by Crippen LogP contribution is -2.44. The van der Waals surface area contributed by atoms with Crippen LogP contribution in [0.1, 0.15) is 16.1 Å². The minimum atomic E-state index is -0.404. The number of pyridine rings is 1. The average Bonchev–Trinajstić information content (AvgIpc) is 2.72. The molecule has 0 unspecified atom stereocenters. The maximum Gasteiger partial charge on any atom is 0.293 e. The molecule has 1 aliphatic rings. The number of likely N-dealkylation sites (N-methyl/N-ethyl adjacent to an activating group) is 2. The van der Waals surface area contributed by atoms with Crippen molar-refractivity contribution < 1.29 is 9.72 Å². The Morgan fingerprint density at radius 2 is 1.96 bits per heavy atom. The number of nitro benzene ring substituents is 1. The van der Waals surface area contributed by atoms with Crippen molar-refractivity contribution in [3.63, 3.8) is 0 Å². The summed E-state index contributed by atoms with van der Waals surface area (Å²) in [5, 5.41) is 11.6. The van der Waals surface area contributed by atoms with Crippen LogP contribution >= 0.6 is 0 Å². The van der Waals surface area contributed by atoms with Gasteiger partial charge in [0.2, 0.25) is 0 Å². The minimum absolute atomic E-state index is 0.0199. The van der Waals surface area contributed by atoms with Crippen molar-refractivity contribution in [2.24, 2.45) is 0 Å². The first-order valence-electron chi connectivity index (χ1n) is 9.33. The number of carbonyl (C=O) groups is 1. The third kappa shape index (κ3) is 4.64. The van der Waals surface area contributed by atoms with Crippen LogP contribution in [0.15, 0.2) is 42.6 Å². The molecule has 8 heteroatoms. The molecule has 0 spiro atoms. The number of rotatable bonds is 6. The van der Waals surface area contributed by atoms with E-state index in [-0.39, 0.29) is 11.6 Å². The second kappa shape index (κ2) is 8.79. The van der Waals surface area contributed by atoms with Crippen LogP contribution < -0.4 is 4.90 Å². The quantitative estimate of drug-likeness (QED) is 0.561. The van der Waals surface area contributed by atoms with Crippen molar-refractivity contribution >= 4 is 17.3 Å². The number of piperazine rings is 1. The highest BCUT2D eigenvalue weighted by atomic mass is 16.6. The zero-order chi connectivity index (χ0) is 20.1. The number of benzene rings is 1. The average molecular weight is 383 g/mol. The molecule has 0 saturated carbocycles. The fraction of sp³-hybridized carbons (Fsp3) is 0.400. The zero-order valence-electron chi connectivity index (χ0n) is 16.2. The van der Waals surface area contributed by atoms with E-state index in [0.717, 1.165) is 31.9 Å². The fourth-order valence-corrected chi connectivity index (χ4v) is 3.27. The van der Waals surface area contributed by atoms with Gasteiger partial charge in [0.15, 0.2) is 0 Å². The second-order valence-corrected chi connectivity index (χ2v) is 7.05. The molecule has 1 amide bonds. The highest BCUT2D eigenvalue weighted by molar-refractivity contribution is 5.95. The van der Waals surface area contributed by atoms with E-state index in [2.05, 4.69) is 9.88 Å². The number of aromatic nitrogens is 1. The summed E-state index contributed by atoms with van der Waals surface area (Å²) in [4.78, 5) is 34.0. The maximum absolute atomic E-state index is 12.7. The van der Waals surface area contributed by atoms with Crippen molar-refractivity contribution in [1.82, 2.24) is 14.8 Å². The Morgan fingerprint density at radius 1 is 1.21 bits per heavy atom. The van der Waals surface area contributed by atoms with Crippen LogP contribution in [0.2, 0.25) is 0 Å². The van der Waals surface area contributed by atoms with Crippen LogP contribution in [0.3, 0.4) is 0 Å². The van der Waals surface area contributed by atoms with Gasteiger partial charge in [-0.3, -0.25) is 19.9 Å². The van der Waals surface area contributed by atoms with Crippen molar-refractivity contribution in [3.05, 3.63) is 64.0 Å². The molecule has 1 aromatic heterocycles. The number of nitro groups is 1. The normalized spacial score (nSPS) is 14.7. The van der Waals surface area contributed by atoms with Gasteiger partial charge < -0.3 is 14.7 Å². The first-order valence-corrected chi connectivity index (χ1v) is 9.33. The summed E-state index contributed by atoms with van der Waals surface area (Å²) >= 11 is 0. The van der Waals surface area contributed by atoms with E-state index < -0.39 is 4.92 Å². The lowest BCUT2D eigenvalue weighted by Gasteiger charge is -2.33. The topological polar surface area (TPSA) is 82.8 Å². The van der Waals surface area contributed by atoms with Crippen LogP contribution in [0.5, 0.6) is 0 Å². The lowest BCUT2D eigenvalue weighted by molar-refractivity contribution is -0.384.